The summed E-state index contributed by atoms with van der Waals surface area (Å²) in [5.41, 5.74) is 0. The summed E-state index contributed by atoms with van der Waals surface area (Å²) in [5.74, 6) is -0.793. The van der Waals surface area contributed by atoms with Gasteiger partial charge < -0.3 is 14.4 Å². The van der Waals surface area contributed by atoms with Crippen molar-refractivity contribution >= 4 is 19.8 Å². The van der Waals surface area contributed by atoms with Gasteiger partial charge in [-0.1, -0.05) is 218 Å². The molecule has 2 atom stereocenters. The highest BCUT2D eigenvalue weighted by Crippen LogP contribution is 2.42. The van der Waals surface area contributed by atoms with E-state index < -0.39 is 26.5 Å². The zero-order valence-electron chi connectivity index (χ0n) is 38.2. The van der Waals surface area contributed by atoms with Crippen LogP contribution in [0.5, 0.6) is 0 Å². The van der Waals surface area contributed by atoms with Crippen LogP contribution in [0.4, 0.5) is 0 Å². The Morgan fingerprint density at radius 3 is 1.21 bits per heavy atom. The van der Waals surface area contributed by atoms with Crippen molar-refractivity contribution in [2.24, 2.45) is 0 Å². The van der Waals surface area contributed by atoms with E-state index in [1.165, 1.54) is 180 Å². The third kappa shape index (κ3) is 44.1. The second kappa shape index (κ2) is 45.1. The van der Waals surface area contributed by atoms with Crippen molar-refractivity contribution < 1.29 is 37.6 Å². The first kappa shape index (κ1) is 56.5. The highest BCUT2D eigenvalue weighted by Gasteiger charge is 2.24. The number of hydrogen-bond acceptors (Lipinski definition) is 7. The molecule has 0 aliphatic carbocycles. The fourth-order valence-corrected chi connectivity index (χ4v) is 7.62. The Morgan fingerprint density at radius 1 is 0.483 bits per heavy atom. The Kier molecular flexibility index (Phi) is 43.9. The van der Waals surface area contributed by atoms with Gasteiger partial charge in [-0.25, -0.2) is 4.57 Å². The van der Waals surface area contributed by atoms with Crippen molar-refractivity contribution in [2.45, 2.75) is 258 Å². The minimum absolute atomic E-state index is 0.221. The van der Waals surface area contributed by atoms with Gasteiger partial charge >= 0.3 is 19.8 Å². The molecule has 0 fully saturated rings. The fourth-order valence-electron chi connectivity index (χ4n) is 7.16. The maximum absolute atomic E-state index is 12.6. The third-order valence-electron chi connectivity index (χ3n) is 10.9. The van der Waals surface area contributed by atoms with Gasteiger partial charge in [-0.15, -0.1) is 0 Å². The first-order valence-corrected chi connectivity index (χ1v) is 26.0. The van der Waals surface area contributed by atoms with Crippen LogP contribution >= 0.6 is 7.82 Å². The van der Waals surface area contributed by atoms with Crippen molar-refractivity contribution in [3.63, 3.8) is 0 Å². The molecule has 0 heterocycles. The largest absolute Gasteiger partial charge is 0.472 e. The van der Waals surface area contributed by atoms with Crippen molar-refractivity contribution in [1.82, 2.24) is 0 Å². The highest BCUT2D eigenvalue weighted by molar-refractivity contribution is 7.47. The van der Waals surface area contributed by atoms with E-state index in [2.05, 4.69) is 42.7 Å². The molecule has 1 N–H and O–H groups in total. The van der Waals surface area contributed by atoms with Crippen molar-refractivity contribution in [1.29, 1.82) is 0 Å². The predicted molar refractivity (Wildman–Crippen MR) is 244 cm³/mol. The molecule has 0 aromatic carbocycles. The molecule has 8 nitrogen and oxygen atoms in total. The van der Waals surface area contributed by atoms with Gasteiger partial charge in [0.15, 0.2) is 6.10 Å². The summed E-state index contributed by atoms with van der Waals surface area (Å²) in [6.07, 6.45) is 52.3. The molecule has 0 saturated carbocycles. The van der Waals surface area contributed by atoms with Crippen LogP contribution in [0.15, 0.2) is 24.3 Å². The average Bonchev–Trinajstić information content (AvgIpc) is 3.21. The lowest BCUT2D eigenvalue weighted by molar-refractivity contribution is -0.161. The molecule has 0 aliphatic rings. The quantitative estimate of drug-likeness (QED) is 0.0279. The van der Waals surface area contributed by atoms with Crippen molar-refractivity contribution in [3.05, 3.63) is 24.3 Å². The highest BCUT2D eigenvalue weighted by atomic mass is 31.2. The lowest BCUT2D eigenvalue weighted by Crippen LogP contribution is -2.29. The second-order valence-electron chi connectivity index (χ2n) is 16.6. The summed E-state index contributed by atoms with van der Waals surface area (Å²) in [4.78, 5) is 34.6. The van der Waals surface area contributed by atoms with Gasteiger partial charge in [0.2, 0.25) is 0 Å². The van der Waals surface area contributed by atoms with Gasteiger partial charge in [0.05, 0.1) is 6.61 Å². The van der Waals surface area contributed by atoms with Gasteiger partial charge in [-0.3, -0.25) is 18.6 Å². The first-order valence-electron chi connectivity index (χ1n) is 24.5. The topological polar surface area (TPSA) is 108 Å². The van der Waals surface area contributed by atoms with Crippen molar-refractivity contribution in [2.75, 3.05) is 20.3 Å². The van der Waals surface area contributed by atoms with Crippen LogP contribution < -0.4 is 0 Å². The van der Waals surface area contributed by atoms with Crippen LogP contribution in [0.3, 0.4) is 0 Å². The van der Waals surface area contributed by atoms with Gasteiger partial charge in [0, 0.05) is 20.0 Å². The molecule has 0 saturated heterocycles. The van der Waals surface area contributed by atoms with Gasteiger partial charge in [0.1, 0.15) is 6.61 Å². The molecule has 0 aliphatic heterocycles. The van der Waals surface area contributed by atoms with Crippen LogP contribution in [0, 0.1) is 0 Å². The van der Waals surface area contributed by atoms with Crippen LogP contribution in [0.1, 0.15) is 251 Å². The normalized spacial score (nSPS) is 13.4. The monoisotopic (exact) mass is 841 g/mol. The van der Waals surface area contributed by atoms with Gasteiger partial charge in [-0.05, 0) is 44.9 Å². The Bertz CT molecular complexity index is 999. The standard InChI is InChI=1S/C49H93O8P/c1-4-6-8-10-12-14-16-18-20-22-23-24-25-26-27-28-30-32-34-36-38-40-42-44-49(51)57-47(46-56-58(52,53)54-3)45-55-48(50)43-41-39-37-35-33-31-29-21-19-17-15-13-11-9-7-5-2/h16,18,22-23,47H,4-15,17,19-21,24-46H2,1-3H3,(H,52,53)/b18-16-,23-22-. The molecular formula is C49H93O8P. The summed E-state index contributed by atoms with van der Waals surface area (Å²) in [5, 5.41) is 0. The van der Waals surface area contributed by atoms with Crippen molar-refractivity contribution in [3.8, 4) is 0 Å². The van der Waals surface area contributed by atoms with E-state index in [0.717, 1.165) is 45.6 Å². The number of hydrogen-bond donors (Lipinski definition) is 1. The molecule has 58 heavy (non-hydrogen) atoms. The minimum Gasteiger partial charge on any atom is -0.462 e. The zero-order chi connectivity index (χ0) is 42.5. The molecule has 0 bridgehead atoms. The molecule has 0 amide bonds. The summed E-state index contributed by atoms with van der Waals surface area (Å²) in [6.45, 7) is 3.91. The average molecular weight is 841 g/mol. The predicted octanol–water partition coefficient (Wildman–Crippen LogP) is 15.8. The number of carbonyl (C=O) groups is 2. The minimum atomic E-state index is -4.26. The van der Waals surface area contributed by atoms with E-state index in [1.807, 2.05) is 0 Å². The molecule has 0 rings (SSSR count). The van der Waals surface area contributed by atoms with Gasteiger partial charge in [0.25, 0.3) is 0 Å². The number of phosphoric acid groups is 1. The summed E-state index contributed by atoms with van der Waals surface area (Å²) in [7, 11) is -3.19. The van der Waals surface area contributed by atoms with E-state index in [1.54, 1.807) is 0 Å². The van der Waals surface area contributed by atoms with E-state index in [0.29, 0.717) is 12.8 Å². The van der Waals surface area contributed by atoms with E-state index in [-0.39, 0.29) is 19.0 Å². The Labute approximate surface area is 358 Å². The molecule has 0 spiro atoms. The first-order chi connectivity index (χ1) is 28.3. The number of rotatable bonds is 46. The summed E-state index contributed by atoms with van der Waals surface area (Å²) >= 11 is 0. The van der Waals surface area contributed by atoms with Crippen LogP contribution in [0.2, 0.25) is 0 Å². The van der Waals surface area contributed by atoms with Crippen LogP contribution in [-0.2, 0) is 32.7 Å². The molecule has 0 aromatic heterocycles. The number of esters is 2. The Hall–Kier alpha value is -1.47. The number of unbranched alkanes of at least 4 members (excludes halogenated alkanes) is 31. The summed E-state index contributed by atoms with van der Waals surface area (Å²) in [6, 6.07) is 0. The van der Waals surface area contributed by atoms with Crippen LogP contribution in [0.25, 0.3) is 0 Å². The number of carbonyl (C=O) groups excluding carboxylic acids is 2. The van der Waals surface area contributed by atoms with E-state index >= 15 is 0 Å². The zero-order valence-corrected chi connectivity index (χ0v) is 39.1. The summed E-state index contributed by atoms with van der Waals surface area (Å²) < 4.78 is 32.1. The maximum atomic E-state index is 12.6. The number of phosphoric ester groups is 1. The fraction of sp³-hybridized carbons (Fsp3) is 0.878. The second-order valence-corrected chi connectivity index (χ2v) is 18.2. The molecule has 0 aromatic rings. The third-order valence-corrected chi connectivity index (χ3v) is 11.9. The van der Waals surface area contributed by atoms with Gasteiger partial charge in [-0.2, -0.15) is 0 Å². The van der Waals surface area contributed by atoms with E-state index in [4.69, 9.17) is 14.0 Å². The maximum Gasteiger partial charge on any atom is 0.472 e. The lowest BCUT2D eigenvalue weighted by atomic mass is 10.0. The van der Waals surface area contributed by atoms with Crippen LogP contribution in [-0.4, -0.2) is 43.3 Å². The van der Waals surface area contributed by atoms with E-state index in [9.17, 15) is 19.0 Å². The molecule has 2 unspecified atom stereocenters. The number of ether oxygens (including phenoxy) is 2. The molecule has 342 valence electrons. The smallest absolute Gasteiger partial charge is 0.462 e. The molecule has 0 radical (unpaired) electrons. The molecule has 9 heteroatoms. The number of allylic oxidation sites excluding steroid dienone is 4. The Balaban J connectivity index is 3.89. The lowest BCUT2D eigenvalue weighted by Gasteiger charge is -2.19. The SMILES string of the molecule is CCCCCCC/C=C\C/C=C\CCCCCCCCCCCCCC(=O)OC(COC(=O)CCCCCCCCCCCCCCCCCC)COP(=O)(O)OC. The Morgan fingerprint density at radius 2 is 0.828 bits per heavy atom. The molecular weight excluding hydrogens is 748 g/mol.